The fraction of sp³-hybridized carbons (Fsp3) is 0.250. The summed E-state index contributed by atoms with van der Waals surface area (Å²) in [5.74, 6) is 0.809. The first-order valence-corrected chi connectivity index (χ1v) is 7.59. The number of rotatable bonds is 4. The molecule has 98 valence electrons. The fourth-order valence-corrected chi connectivity index (χ4v) is 3.28. The molecule has 19 heavy (non-hydrogen) atoms. The second kappa shape index (κ2) is 5.18. The van der Waals surface area contributed by atoms with Crippen LogP contribution in [-0.4, -0.2) is 33.7 Å². The molecule has 0 saturated carbocycles. The molecule has 0 unspecified atom stereocenters. The maximum absolute atomic E-state index is 4.56. The van der Waals surface area contributed by atoms with Crippen molar-refractivity contribution in [1.82, 2.24) is 19.6 Å². The van der Waals surface area contributed by atoms with Crippen molar-refractivity contribution >= 4 is 33.9 Å². The molecule has 0 amide bonds. The van der Waals surface area contributed by atoms with Crippen molar-refractivity contribution in [2.75, 3.05) is 19.0 Å². The number of hydrogen-bond donors (Lipinski definition) is 0. The molecule has 0 aliphatic carbocycles. The van der Waals surface area contributed by atoms with Crippen molar-refractivity contribution in [3.63, 3.8) is 0 Å². The van der Waals surface area contributed by atoms with Crippen LogP contribution in [-0.2, 0) is 5.75 Å². The molecule has 3 rings (SSSR count). The number of hydrogen-bond acceptors (Lipinski definition) is 6. The standard InChI is InChI=1S/C12H13N5S2/c1-16(2)11-14-15-12(19-11)18-8-9-7-17-6-4-3-5-10(17)13-9/h3-7H,8H2,1-2H3. The van der Waals surface area contributed by atoms with E-state index in [-0.39, 0.29) is 0 Å². The van der Waals surface area contributed by atoms with Gasteiger partial charge in [0.25, 0.3) is 0 Å². The van der Waals surface area contributed by atoms with E-state index in [2.05, 4.69) is 21.4 Å². The highest BCUT2D eigenvalue weighted by Crippen LogP contribution is 2.29. The van der Waals surface area contributed by atoms with Gasteiger partial charge in [0.2, 0.25) is 5.13 Å². The molecule has 0 atom stereocenters. The Labute approximate surface area is 119 Å². The molecule has 0 radical (unpaired) electrons. The molecule has 3 heterocycles. The van der Waals surface area contributed by atoms with E-state index >= 15 is 0 Å². The second-order valence-electron chi connectivity index (χ2n) is 4.23. The molecule has 0 saturated heterocycles. The topological polar surface area (TPSA) is 46.3 Å². The van der Waals surface area contributed by atoms with E-state index in [1.807, 2.05) is 47.8 Å². The van der Waals surface area contributed by atoms with Gasteiger partial charge in [-0.25, -0.2) is 4.98 Å². The number of aromatic nitrogens is 4. The van der Waals surface area contributed by atoms with Gasteiger partial charge in [0.1, 0.15) is 5.65 Å². The van der Waals surface area contributed by atoms with Crippen LogP contribution in [0.4, 0.5) is 5.13 Å². The Bertz CT molecular complexity index is 655. The normalized spacial score (nSPS) is 11.1. The number of fused-ring (bicyclic) bond motifs is 1. The Morgan fingerprint density at radius 2 is 2.21 bits per heavy atom. The van der Waals surface area contributed by atoms with Crippen LogP contribution in [0.2, 0.25) is 0 Å². The van der Waals surface area contributed by atoms with Crippen molar-refractivity contribution in [3.8, 4) is 0 Å². The number of pyridine rings is 1. The van der Waals surface area contributed by atoms with Crippen molar-refractivity contribution < 1.29 is 0 Å². The molecule has 3 aromatic rings. The van der Waals surface area contributed by atoms with E-state index in [4.69, 9.17) is 0 Å². The van der Waals surface area contributed by atoms with Gasteiger partial charge < -0.3 is 9.30 Å². The third-order valence-corrected chi connectivity index (χ3v) is 4.79. The SMILES string of the molecule is CN(C)c1nnc(SCc2cn3ccccc3n2)s1. The van der Waals surface area contributed by atoms with Crippen molar-refractivity contribution in [2.24, 2.45) is 0 Å². The van der Waals surface area contributed by atoms with Gasteiger partial charge in [-0.05, 0) is 12.1 Å². The number of imidazole rings is 1. The summed E-state index contributed by atoms with van der Waals surface area (Å²) >= 11 is 3.27. The van der Waals surface area contributed by atoms with E-state index in [1.54, 1.807) is 23.1 Å². The summed E-state index contributed by atoms with van der Waals surface area (Å²) < 4.78 is 3.00. The van der Waals surface area contributed by atoms with Gasteiger partial charge in [0.15, 0.2) is 4.34 Å². The Morgan fingerprint density at radius 1 is 1.32 bits per heavy atom. The summed E-state index contributed by atoms with van der Waals surface area (Å²) in [7, 11) is 3.94. The van der Waals surface area contributed by atoms with E-state index in [9.17, 15) is 0 Å². The van der Waals surface area contributed by atoms with E-state index in [1.165, 1.54) is 0 Å². The minimum absolute atomic E-state index is 0.809. The van der Waals surface area contributed by atoms with Gasteiger partial charge in [-0.1, -0.05) is 29.2 Å². The van der Waals surface area contributed by atoms with Crippen molar-refractivity contribution in [1.29, 1.82) is 0 Å². The van der Waals surface area contributed by atoms with Gasteiger partial charge in [-0.2, -0.15) is 0 Å². The maximum Gasteiger partial charge on any atom is 0.208 e. The lowest BCUT2D eigenvalue weighted by atomic mass is 10.5. The molecule has 3 aromatic heterocycles. The fourth-order valence-electron chi connectivity index (χ4n) is 1.63. The third-order valence-electron chi connectivity index (χ3n) is 2.54. The van der Waals surface area contributed by atoms with Crippen molar-refractivity contribution in [2.45, 2.75) is 10.1 Å². The summed E-state index contributed by atoms with van der Waals surface area (Å²) in [6, 6.07) is 6.00. The minimum atomic E-state index is 0.809. The molecule has 0 aliphatic heterocycles. The summed E-state index contributed by atoms with van der Waals surface area (Å²) in [5, 5.41) is 9.21. The van der Waals surface area contributed by atoms with Gasteiger partial charge in [-0.3, -0.25) is 0 Å². The number of thioether (sulfide) groups is 1. The highest BCUT2D eigenvalue weighted by Gasteiger charge is 2.08. The molecule has 0 bridgehead atoms. The van der Waals surface area contributed by atoms with Gasteiger partial charge in [0, 0.05) is 32.2 Å². The zero-order valence-corrected chi connectivity index (χ0v) is 12.3. The van der Waals surface area contributed by atoms with Crippen molar-refractivity contribution in [3.05, 3.63) is 36.3 Å². The predicted octanol–water partition coefficient (Wildman–Crippen LogP) is 2.54. The molecular weight excluding hydrogens is 278 g/mol. The van der Waals surface area contributed by atoms with Crippen LogP contribution in [0, 0.1) is 0 Å². The van der Waals surface area contributed by atoms with Gasteiger partial charge >= 0.3 is 0 Å². The summed E-state index contributed by atoms with van der Waals surface area (Å²) in [4.78, 5) is 6.52. The Morgan fingerprint density at radius 3 is 2.95 bits per heavy atom. The molecule has 5 nitrogen and oxygen atoms in total. The van der Waals surface area contributed by atoms with Crippen LogP contribution in [0.15, 0.2) is 34.9 Å². The predicted molar refractivity (Wildman–Crippen MR) is 79.0 cm³/mol. The number of anilines is 1. The molecule has 0 N–H and O–H groups in total. The highest BCUT2D eigenvalue weighted by atomic mass is 32.2. The first kappa shape index (κ1) is 12.4. The van der Waals surface area contributed by atoms with Crippen LogP contribution in [0.25, 0.3) is 5.65 Å². The van der Waals surface area contributed by atoms with E-state index in [0.29, 0.717) is 0 Å². The zero-order valence-electron chi connectivity index (χ0n) is 10.6. The lowest BCUT2D eigenvalue weighted by Gasteiger charge is -2.03. The summed E-state index contributed by atoms with van der Waals surface area (Å²) in [6.07, 6.45) is 4.06. The average molecular weight is 291 g/mol. The average Bonchev–Trinajstić information content (AvgIpc) is 3.02. The number of nitrogens with zero attached hydrogens (tertiary/aromatic N) is 5. The zero-order chi connectivity index (χ0) is 13.2. The Kier molecular flexibility index (Phi) is 3.39. The maximum atomic E-state index is 4.56. The Balaban J connectivity index is 1.71. The lowest BCUT2D eigenvalue weighted by Crippen LogP contribution is -2.07. The van der Waals surface area contributed by atoms with Gasteiger partial charge in [0.05, 0.1) is 5.69 Å². The minimum Gasteiger partial charge on any atom is -0.353 e. The van der Waals surface area contributed by atoms with Crippen LogP contribution < -0.4 is 4.90 Å². The highest BCUT2D eigenvalue weighted by molar-refractivity contribution is 8.00. The lowest BCUT2D eigenvalue weighted by molar-refractivity contribution is 0.972. The monoisotopic (exact) mass is 291 g/mol. The molecular formula is C12H13N5S2. The molecule has 7 heteroatoms. The summed E-state index contributed by atoms with van der Waals surface area (Å²) in [5.41, 5.74) is 2.03. The van der Waals surface area contributed by atoms with Gasteiger partial charge in [-0.15, -0.1) is 10.2 Å². The quantitative estimate of drug-likeness (QED) is 0.691. The second-order valence-corrected chi connectivity index (χ2v) is 6.41. The van der Waals surface area contributed by atoms with Crippen LogP contribution in [0.3, 0.4) is 0 Å². The van der Waals surface area contributed by atoms with Crippen LogP contribution in [0.5, 0.6) is 0 Å². The Hall–Kier alpha value is -1.60. The molecule has 0 spiro atoms. The van der Waals surface area contributed by atoms with E-state index < -0.39 is 0 Å². The molecule has 0 fully saturated rings. The van der Waals surface area contributed by atoms with Crippen LogP contribution in [0.1, 0.15) is 5.69 Å². The van der Waals surface area contributed by atoms with E-state index in [0.717, 1.165) is 26.6 Å². The smallest absolute Gasteiger partial charge is 0.208 e. The molecule has 0 aliphatic rings. The third kappa shape index (κ3) is 2.71. The van der Waals surface area contributed by atoms with Crippen LogP contribution >= 0.6 is 23.1 Å². The largest absolute Gasteiger partial charge is 0.353 e. The summed E-state index contributed by atoms with van der Waals surface area (Å²) in [6.45, 7) is 0. The first-order chi connectivity index (χ1) is 9.22. The first-order valence-electron chi connectivity index (χ1n) is 5.78. The molecule has 0 aromatic carbocycles.